The highest BCUT2D eigenvalue weighted by atomic mass is 28.3. The van der Waals surface area contributed by atoms with Gasteiger partial charge < -0.3 is 4.98 Å². The summed E-state index contributed by atoms with van der Waals surface area (Å²) in [6.45, 7) is 4.95. The minimum absolute atomic E-state index is 1.23. The Kier molecular flexibility index (Phi) is 2.57. The number of aromatic amines is 1. The van der Waals surface area contributed by atoms with Crippen molar-refractivity contribution in [3.63, 3.8) is 0 Å². The fraction of sp³-hybridized carbons (Fsp3) is 0.0833. The first-order valence-corrected chi connectivity index (χ1v) is 12.2. The quantitative estimate of drug-likeness (QED) is 0.366. The van der Waals surface area contributed by atoms with Crippen LogP contribution < -0.4 is 10.4 Å². The zero-order valence-electron chi connectivity index (χ0n) is 14.9. The van der Waals surface area contributed by atoms with Gasteiger partial charge in [-0.15, -0.1) is 0 Å². The van der Waals surface area contributed by atoms with Crippen molar-refractivity contribution in [2.24, 2.45) is 0 Å². The third-order valence-electron chi connectivity index (χ3n) is 6.17. The summed E-state index contributed by atoms with van der Waals surface area (Å²) in [5.74, 6) is 0. The highest BCUT2D eigenvalue weighted by molar-refractivity contribution is 7.03. The van der Waals surface area contributed by atoms with Crippen LogP contribution in [0.1, 0.15) is 0 Å². The molecule has 0 bridgehead atoms. The maximum Gasteiger partial charge on any atom is 0.113 e. The number of rotatable bonds is 0. The predicted octanol–water partition coefficient (Wildman–Crippen LogP) is 5.28. The fourth-order valence-electron chi connectivity index (χ4n) is 4.79. The van der Waals surface area contributed by atoms with E-state index in [2.05, 4.69) is 90.9 Å². The van der Waals surface area contributed by atoms with Gasteiger partial charge in [-0.2, -0.15) is 0 Å². The van der Waals surface area contributed by atoms with E-state index < -0.39 is 8.07 Å². The molecule has 2 heterocycles. The molecule has 26 heavy (non-hydrogen) atoms. The fourth-order valence-corrected chi connectivity index (χ4v) is 7.87. The van der Waals surface area contributed by atoms with Gasteiger partial charge in [0.25, 0.3) is 0 Å². The molecule has 0 unspecified atom stereocenters. The molecule has 0 spiro atoms. The maximum absolute atomic E-state index is 3.69. The van der Waals surface area contributed by atoms with Gasteiger partial charge in [0.1, 0.15) is 8.07 Å². The molecule has 5 aromatic rings. The third kappa shape index (κ3) is 1.70. The molecule has 0 aliphatic carbocycles. The van der Waals surface area contributed by atoms with Crippen LogP contribution in [0, 0.1) is 0 Å². The Labute approximate surface area is 153 Å². The number of aromatic nitrogens is 1. The van der Waals surface area contributed by atoms with Crippen molar-refractivity contribution in [2.45, 2.75) is 13.1 Å². The molecule has 0 saturated carbocycles. The average Bonchev–Trinajstić information content (AvgIpc) is 3.11. The Bertz CT molecular complexity index is 1360. The van der Waals surface area contributed by atoms with Gasteiger partial charge in [0.2, 0.25) is 0 Å². The lowest BCUT2D eigenvalue weighted by Crippen LogP contribution is -2.49. The molecule has 0 radical (unpaired) electrons. The van der Waals surface area contributed by atoms with E-state index in [-0.39, 0.29) is 0 Å². The summed E-state index contributed by atoms with van der Waals surface area (Å²) in [5.41, 5.74) is 5.38. The molecule has 1 aliphatic heterocycles. The van der Waals surface area contributed by atoms with Crippen LogP contribution in [0.3, 0.4) is 0 Å². The van der Waals surface area contributed by atoms with Gasteiger partial charge in [0, 0.05) is 21.8 Å². The molecule has 2 heteroatoms. The number of benzene rings is 4. The van der Waals surface area contributed by atoms with Gasteiger partial charge in [-0.1, -0.05) is 61.6 Å². The van der Waals surface area contributed by atoms with Crippen LogP contribution in [-0.2, 0) is 0 Å². The predicted molar refractivity (Wildman–Crippen MR) is 115 cm³/mol. The molecular formula is C24H19NSi. The molecule has 0 fully saturated rings. The molecule has 124 valence electrons. The molecule has 0 amide bonds. The molecular weight excluding hydrogens is 330 g/mol. The van der Waals surface area contributed by atoms with Crippen molar-refractivity contribution >= 4 is 51.0 Å². The summed E-state index contributed by atoms with van der Waals surface area (Å²) in [5, 5.41) is 8.38. The van der Waals surface area contributed by atoms with Crippen LogP contribution in [0.15, 0.2) is 72.8 Å². The van der Waals surface area contributed by atoms with Gasteiger partial charge in [0.15, 0.2) is 0 Å². The monoisotopic (exact) mass is 349 g/mol. The van der Waals surface area contributed by atoms with Crippen molar-refractivity contribution in [3.8, 4) is 11.1 Å². The highest BCUT2D eigenvalue weighted by Crippen LogP contribution is 2.35. The normalized spacial score (nSPS) is 14.8. The first-order valence-electron chi connectivity index (χ1n) is 9.21. The van der Waals surface area contributed by atoms with Crippen LogP contribution in [0.25, 0.3) is 43.7 Å². The lowest BCUT2D eigenvalue weighted by molar-refractivity contribution is 1.56. The largest absolute Gasteiger partial charge is 0.354 e. The lowest BCUT2D eigenvalue weighted by Gasteiger charge is -2.18. The van der Waals surface area contributed by atoms with Crippen molar-refractivity contribution in [2.75, 3.05) is 0 Å². The van der Waals surface area contributed by atoms with Crippen molar-refractivity contribution in [1.82, 2.24) is 4.98 Å². The Morgan fingerprint density at radius 3 is 2.12 bits per heavy atom. The summed E-state index contributed by atoms with van der Waals surface area (Å²) in [4.78, 5) is 3.69. The van der Waals surface area contributed by atoms with E-state index >= 15 is 0 Å². The van der Waals surface area contributed by atoms with Crippen molar-refractivity contribution in [1.29, 1.82) is 0 Å². The van der Waals surface area contributed by atoms with Crippen LogP contribution in [-0.4, -0.2) is 13.1 Å². The zero-order valence-corrected chi connectivity index (χ0v) is 15.9. The summed E-state index contributed by atoms with van der Waals surface area (Å²) in [6, 6.07) is 27.1. The molecule has 1 nitrogen and oxygen atoms in total. The maximum atomic E-state index is 3.69. The zero-order chi connectivity index (χ0) is 17.5. The van der Waals surface area contributed by atoms with E-state index in [0.29, 0.717) is 0 Å². The van der Waals surface area contributed by atoms with E-state index in [1.165, 1.54) is 43.7 Å². The molecule has 6 rings (SSSR count). The summed E-state index contributed by atoms with van der Waals surface area (Å²) in [6.07, 6.45) is 0. The Hall–Kier alpha value is -2.84. The van der Waals surface area contributed by atoms with Crippen LogP contribution in [0.5, 0.6) is 0 Å². The molecule has 1 aliphatic rings. The van der Waals surface area contributed by atoms with E-state index in [0.717, 1.165) is 0 Å². The number of hydrogen-bond donors (Lipinski definition) is 1. The Morgan fingerprint density at radius 2 is 1.27 bits per heavy atom. The van der Waals surface area contributed by atoms with Crippen LogP contribution in [0.4, 0.5) is 0 Å². The average molecular weight is 350 g/mol. The number of nitrogens with one attached hydrogen (secondary N) is 1. The van der Waals surface area contributed by atoms with Gasteiger partial charge in [-0.05, 0) is 56.5 Å². The SMILES string of the molecule is C[Si]1(C)c2ccccc2-c2cc3c(cc21)[nH]c1cc2ccccc2cc13. The number of fused-ring (bicyclic) bond motifs is 7. The first-order chi connectivity index (χ1) is 12.6. The molecule has 4 aromatic carbocycles. The van der Waals surface area contributed by atoms with Gasteiger partial charge in [-0.25, -0.2) is 0 Å². The highest BCUT2D eigenvalue weighted by Gasteiger charge is 2.37. The first kappa shape index (κ1) is 14.3. The smallest absolute Gasteiger partial charge is 0.113 e. The summed E-state index contributed by atoms with van der Waals surface area (Å²) < 4.78 is 0. The van der Waals surface area contributed by atoms with Crippen LogP contribution in [0.2, 0.25) is 13.1 Å². The second-order valence-corrected chi connectivity index (χ2v) is 12.3. The Balaban J connectivity index is 1.75. The van der Waals surface area contributed by atoms with E-state index in [1.54, 1.807) is 10.4 Å². The molecule has 0 saturated heterocycles. The van der Waals surface area contributed by atoms with Crippen molar-refractivity contribution in [3.05, 3.63) is 72.8 Å². The topological polar surface area (TPSA) is 15.8 Å². The van der Waals surface area contributed by atoms with Crippen LogP contribution >= 0.6 is 0 Å². The van der Waals surface area contributed by atoms with Gasteiger partial charge in [0.05, 0.1) is 0 Å². The van der Waals surface area contributed by atoms with E-state index in [1.807, 2.05) is 0 Å². The van der Waals surface area contributed by atoms with E-state index in [9.17, 15) is 0 Å². The number of hydrogen-bond acceptors (Lipinski definition) is 0. The minimum atomic E-state index is -1.62. The standard InChI is InChI=1S/C24H19NSi/c1-26(2)23-10-6-5-9-17(23)20-13-19-18-11-15-7-3-4-8-16(15)12-21(18)25-22(19)14-24(20)26/h3-14,25H,1-2H3. The summed E-state index contributed by atoms with van der Waals surface area (Å²) in [7, 11) is -1.62. The molecule has 0 atom stereocenters. The second kappa shape index (κ2) is 4.66. The molecule has 1 aromatic heterocycles. The van der Waals surface area contributed by atoms with Gasteiger partial charge >= 0.3 is 0 Å². The Morgan fingerprint density at radius 1 is 0.615 bits per heavy atom. The molecule has 1 N–H and O–H groups in total. The van der Waals surface area contributed by atoms with E-state index in [4.69, 9.17) is 0 Å². The third-order valence-corrected chi connectivity index (χ3v) is 9.71. The second-order valence-electron chi connectivity index (χ2n) is 7.98. The van der Waals surface area contributed by atoms with Crippen molar-refractivity contribution < 1.29 is 0 Å². The minimum Gasteiger partial charge on any atom is -0.354 e. The lowest BCUT2D eigenvalue weighted by atomic mass is 10.0. The summed E-state index contributed by atoms with van der Waals surface area (Å²) >= 11 is 0. The van der Waals surface area contributed by atoms with Gasteiger partial charge in [-0.3, -0.25) is 0 Å². The number of H-pyrrole nitrogens is 1.